The highest BCUT2D eigenvalue weighted by Crippen LogP contribution is 2.28. The van der Waals surface area contributed by atoms with E-state index in [0.29, 0.717) is 17.2 Å². The molecule has 19 heavy (non-hydrogen) atoms. The number of halogens is 1. The Balaban J connectivity index is 2.22. The number of rotatable bonds is 2. The van der Waals surface area contributed by atoms with Gasteiger partial charge in [-0.05, 0) is 6.07 Å². The van der Waals surface area contributed by atoms with Crippen LogP contribution in [-0.4, -0.2) is 29.5 Å². The maximum Gasteiger partial charge on any atom is 0.289 e. The van der Waals surface area contributed by atoms with E-state index in [1.807, 2.05) is 0 Å². The summed E-state index contributed by atoms with van der Waals surface area (Å²) in [5.41, 5.74) is 0.769. The third-order valence-corrected chi connectivity index (χ3v) is 2.75. The van der Waals surface area contributed by atoms with Crippen molar-refractivity contribution >= 4 is 23.1 Å². The van der Waals surface area contributed by atoms with Crippen LogP contribution in [-0.2, 0) is 0 Å². The van der Waals surface area contributed by atoms with Gasteiger partial charge in [0.25, 0.3) is 11.5 Å². The Morgan fingerprint density at radius 2 is 2.16 bits per heavy atom. The molecular formula is C10H5ClN6O2. The normalized spacial score (nSPS) is 10.8. The van der Waals surface area contributed by atoms with Gasteiger partial charge >= 0.3 is 0 Å². The monoisotopic (exact) mass is 276 g/mol. The first-order valence-electron chi connectivity index (χ1n) is 5.12. The summed E-state index contributed by atoms with van der Waals surface area (Å²) in [6.45, 7) is 0. The van der Waals surface area contributed by atoms with Crippen molar-refractivity contribution in [2.45, 2.75) is 0 Å². The van der Waals surface area contributed by atoms with Gasteiger partial charge in [-0.25, -0.2) is 9.97 Å². The zero-order valence-electron chi connectivity index (χ0n) is 9.26. The molecule has 9 heteroatoms. The standard InChI is InChI=1S/C10H5ClN6O2/c11-7-3-6(17(18)19)4-13-9(7)8-1-2-12-10-14-5-15-16(8)10/h1-5H. The van der Waals surface area contributed by atoms with Gasteiger partial charge in [0.05, 0.1) is 15.6 Å². The van der Waals surface area contributed by atoms with Gasteiger partial charge in [0, 0.05) is 12.3 Å². The van der Waals surface area contributed by atoms with Gasteiger partial charge in [-0.3, -0.25) is 10.1 Å². The predicted octanol–water partition coefficient (Wildman–Crippen LogP) is 1.75. The molecule has 0 saturated heterocycles. The first kappa shape index (κ1) is 11.5. The van der Waals surface area contributed by atoms with E-state index in [2.05, 4.69) is 20.1 Å². The van der Waals surface area contributed by atoms with Gasteiger partial charge in [0.15, 0.2) is 0 Å². The SMILES string of the molecule is O=[N+]([O-])c1cnc(-c2ccnc3ncnn23)c(Cl)c1. The lowest BCUT2D eigenvalue weighted by Crippen LogP contribution is -1.99. The molecule has 0 aliphatic heterocycles. The van der Waals surface area contributed by atoms with E-state index in [4.69, 9.17) is 11.6 Å². The van der Waals surface area contributed by atoms with Crippen LogP contribution in [0.4, 0.5) is 5.69 Å². The summed E-state index contributed by atoms with van der Waals surface area (Å²) in [4.78, 5) is 22.1. The van der Waals surface area contributed by atoms with Crippen LogP contribution in [0.15, 0.2) is 30.9 Å². The lowest BCUT2D eigenvalue weighted by Gasteiger charge is -2.04. The van der Waals surface area contributed by atoms with Crippen molar-refractivity contribution in [3.8, 4) is 11.4 Å². The number of nitrogens with zero attached hydrogens (tertiary/aromatic N) is 6. The molecule has 0 radical (unpaired) electrons. The Bertz CT molecular complexity index is 787. The molecule has 94 valence electrons. The van der Waals surface area contributed by atoms with Crippen molar-refractivity contribution in [2.24, 2.45) is 0 Å². The molecule has 0 aliphatic carbocycles. The van der Waals surface area contributed by atoms with E-state index in [9.17, 15) is 10.1 Å². The molecule has 3 heterocycles. The summed E-state index contributed by atoms with van der Waals surface area (Å²) in [5, 5.41) is 14.8. The summed E-state index contributed by atoms with van der Waals surface area (Å²) in [5.74, 6) is 0.397. The topological polar surface area (TPSA) is 99.1 Å². The van der Waals surface area contributed by atoms with Gasteiger partial charge in [-0.15, -0.1) is 0 Å². The van der Waals surface area contributed by atoms with Crippen molar-refractivity contribution in [1.29, 1.82) is 0 Å². The average molecular weight is 277 g/mol. The van der Waals surface area contributed by atoms with Crippen molar-refractivity contribution in [3.05, 3.63) is 46.0 Å². The zero-order valence-corrected chi connectivity index (χ0v) is 10.0. The number of hydrogen-bond acceptors (Lipinski definition) is 6. The van der Waals surface area contributed by atoms with Crippen LogP contribution in [0.1, 0.15) is 0 Å². The molecule has 0 N–H and O–H groups in total. The van der Waals surface area contributed by atoms with E-state index in [1.54, 1.807) is 12.3 Å². The minimum absolute atomic E-state index is 0.164. The summed E-state index contributed by atoms with van der Waals surface area (Å²) in [6.07, 6.45) is 4.04. The quantitative estimate of drug-likeness (QED) is 0.522. The van der Waals surface area contributed by atoms with E-state index in [-0.39, 0.29) is 10.7 Å². The molecule has 3 aromatic rings. The fourth-order valence-corrected chi connectivity index (χ4v) is 1.89. The minimum Gasteiger partial charge on any atom is -0.258 e. The van der Waals surface area contributed by atoms with Gasteiger partial charge in [0.1, 0.15) is 18.2 Å². The largest absolute Gasteiger partial charge is 0.289 e. The molecule has 3 rings (SSSR count). The minimum atomic E-state index is -0.555. The van der Waals surface area contributed by atoms with Crippen LogP contribution in [0.2, 0.25) is 5.02 Å². The van der Waals surface area contributed by atoms with Crippen LogP contribution in [0.5, 0.6) is 0 Å². The van der Waals surface area contributed by atoms with Gasteiger partial charge in [-0.1, -0.05) is 11.6 Å². The smallest absolute Gasteiger partial charge is 0.258 e. The fraction of sp³-hybridized carbons (Fsp3) is 0. The van der Waals surface area contributed by atoms with Crippen LogP contribution in [0.25, 0.3) is 17.2 Å². The van der Waals surface area contributed by atoms with Crippen LogP contribution in [0, 0.1) is 10.1 Å². The lowest BCUT2D eigenvalue weighted by molar-refractivity contribution is -0.385. The molecule has 0 saturated carbocycles. The molecule has 0 spiro atoms. The number of nitro groups is 1. The van der Waals surface area contributed by atoms with Crippen LogP contribution in [0.3, 0.4) is 0 Å². The van der Waals surface area contributed by atoms with Crippen LogP contribution < -0.4 is 0 Å². The second-order valence-electron chi connectivity index (χ2n) is 3.58. The summed E-state index contributed by atoms with van der Waals surface area (Å²) in [7, 11) is 0. The zero-order chi connectivity index (χ0) is 13.4. The molecule has 0 aliphatic rings. The van der Waals surface area contributed by atoms with Gasteiger partial charge < -0.3 is 0 Å². The summed E-state index contributed by atoms with van der Waals surface area (Å²) >= 11 is 6.03. The summed E-state index contributed by atoms with van der Waals surface area (Å²) < 4.78 is 1.46. The molecule has 0 bridgehead atoms. The second-order valence-corrected chi connectivity index (χ2v) is 3.99. The molecule has 0 atom stereocenters. The second kappa shape index (κ2) is 4.25. The predicted molar refractivity (Wildman–Crippen MR) is 65.7 cm³/mol. The highest BCUT2D eigenvalue weighted by Gasteiger charge is 2.15. The number of hydrogen-bond donors (Lipinski definition) is 0. The average Bonchev–Trinajstić information content (AvgIpc) is 2.86. The molecule has 8 nitrogen and oxygen atoms in total. The highest BCUT2D eigenvalue weighted by atomic mass is 35.5. The maximum atomic E-state index is 10.6. The van der Waals surface area contributed by atoms with E-state index in [1.165, 1.54) is 16.9 Å². The number of fused-ring (bicyclic) bond motifs is 1. The lowest BCUT2D eigenvalue weighted by atomic mass is 10.2. The highest BCUT2D eigenvalue weighted by molar-refractivity contribution is 6.33. The molecule has 3 aromatic heterocycles. The van der Waals surface area contributed by atoms with Crippen LogP contribution >= 0.6 is 11.6 Å². The van der Waals surface area contributed by atoms with E-state index in [0.717, 1.165) is 6.20 Å². The maximum absolute atomic E-state index is 10.6. The Morgan fingerprint density at radius 3 is 2.89 bits per heavy atom. The third kappa shape index (κ3) is 1.87. The van der Waals surface area contributed by atoms with Gasteiger partial charge in [0.2, 0.25) is 0 Å². The van der Waals surface area contributed by atoms with E-state index < -0.39 is 4.92 Å². The van der Waals surface area contributed by atoms with Crippen molar-refractivity contribution < 1.29 is 4.92 Å². The Labute approximate surface area is 110 Å². The van der Waals surface area contributed by atoms with Gasteiger partial charge in [-0.2, -0.15) is 14.6 Å². The molecule has 0 aromatic carbocycles. The fourth-order valence-electron chi connectivity index (χ4n) is 1.63. The molecule has 0 fully saturated rings. The van der Waals surface area contributed by atoms with E-state index >= 15 is 0 Å². The van der Waals surface area contributed by atoms with Crippen molar-refractivity contribution in [3.63, 3.8) is 0 Å². The third-order valence-electron chi connectivity index (χ3n) is 2.46. The molecule has 0 amide bonds. The first-order chi connectivity index (χ1) is 9.16. The molecule has 0 unspecified atom stereocenters. The van der Waals surface area contributed by atoms with Crippen molar-refractivity contribution in [2.75, 3.05) is 0 Å². The number of pyridine rings is 1. The molecular weight excluding hydrogens is 272 g/mol. The number of aromatic nitrogens is 5. The Morgan fingerprint density at radius 1 is 1.32 bits per heavy atom. The summed E-state index contributed by atoms with van der Waals surface area (Å²) in [6, 6.07) is 2.90. The van der Waals surface area contributed by atoms with Crippen molar-refractivity contribution in [1.82, 2.24) is 24.6 Å². The Kier molecular flexibility index (Phi) is 2.57. The first-order valence-corrected chi connectivity index (χ1v) is 5.49. The Hall–Kier alpha value is -2.61.